The number of carbonyl (C=O) groups is 1. The van der Waals surface area contributed by atoms with Crippen LogP contribution < -0.4 is 4.74 Å². The predicted molar refractivity (Wildman–Crippen MR) is 67.9 cm³/mol. The van der Waals surface area contributed by atoms with Crippen LogP contribution in [0.2, 0.25) is 0 Å². The lowest BCUT2D eigenvalue weighted by atomic mass is 10.2. The highest BCUT2D eigenvalue weighted by molar-refractivity contribution is 5.91. The molecule has 0 aliphatic carbocycles. The van der Waals surface area contributed by atoms with Gasteiger partial charge in [0.05, 0.1) is 13.7 Å². The molecule has 0 radical (unpaired) electrons. The molecule has 2 rings (SSSR count). The van der Waals surface area contributed by atoms with Gasteiger partial charge in [-0.3, -0.25) is 4.68 Å². The van der Waals surface area contributed by atoms with Crippen molar-refractivity contribution in [3.8, 4) is 5.88 Å². The van der Waals surface area contributed by atoms with Gasteiger partial charge in [0.1, 0.15) is 11.7 Å². The molecule has 2 aromatic heterocycles. The van der Waals surface area contributed by atoms with Crippen molar-refractivity contribution in [1.82, 2.24) is 14.8 Å². The standard InChI is InChI=1S/C13H15N3O3/c1-10(9-16-8-4-7-15-16)19-13(17)11-5-3-6-14-12(11)18-2/h3-8,10H,9H2,1-2H3/t10-/m0/s1. The molecule has 2 heterocycles. The van der Waals surface area contributed by atoms with Crippen molar-refractivity contribution in [3.05, 3.63) is 42.4 Å². The minimum Gasteiger partial charge on any atom is -0.480 e. The van der Waals surface area contributed by atoms with E-state index < -0.39 is 5.97 Å². The normalized spacial score (nSPS) is 11.9. The number of nitrogens with zero attached hydrogens (tertiary/aromatic N) is 3. The van der Waals surface area contributed by atoms with Crippen LogP contribution in [0.25, 0.3) is 0 Å². The first-order chi connectivity index (χ1) is 9.20. The van der Waals surface area contributed by atoms with Gasteiger partial charge < -0.3 is 9.47 Å². The molecule has 6 nitrogen and oxygen atoms in total. The predicted octanol–water partition coefficient (Wildman–Crippen LogP) is 1.53. The Kier molecular flexibility index (Phi) is 4.12. The SMILES string of the molecule is COc1ncccc1C(=O)O[C@@H](C)Cn1cccn1. The molecule has 0 saturated carbocycles. The topological polar surface area (TPSA) is 66.2 Å². The number of aromatic nitrogens is 3. The molecule has 0 amide bonds. The van der Waals surface area contributed by atoms with Crippen molar-refractivity contribution in [3.63, 3.8) is 0 Å². The maximum atomic E-state index is 12.0. The van der Waals surface area contributed by atoms with Gasteiger partial charge in [0, 0.05) is 18.6 Å². The molecule has 0 N–H and O–H groups in total. The third-order valence-corrected chi connectivity index (χ3v) is 2.50. The largest absolute Gasteiger partial charge is 0.480 e. The van der Waals surface area contributed by atoms with Crippen molar-refractivity contribution in [2.75, 3.05) is 7.11 Å². The minimum absolute atomic E-state index is 0.263. The Morgan fingerprint density at radius 3 is 2.95 bits per heavy atom. The first-order valence-electron chi connectivity index (χ1n) is 5.88. The number of carbonyl (C=O) groups excluding carboxylic acids is 1. The van der Waals surface area contributed by atoms with E-state index in [1.165, 1.54) is 7.11 Å². The Hall–Kier alpha value is -2.37. The average Bonchev–Trinajstić information content (AvgIpc) is 2.91. The van der Waals surface area contributed by atoms with Gasteiger partial charge in [0.2, 0.25) is 5.88 Å². The second-order valence-corrected chi connectivity index (χ2v) is 4.00. The number of methoxy groups -OCH3 is 1. The van der Waals surface area contributed by atoms with Crippen molar-refractivity contribution in [1.29, 1.82) is 0 Å². The van der Waals surface area contributed by atoms with E-state index in [0.717, 1.165) is 0 Å². The molecule has 0 bridgehead atoms. The summed E-state index contributed by atoms with van der Waals surface area (Å²) in [5.41, 5.74) is 0.317. The maximum Gasteiger partial charge on any atom is 0.343 e. The molecule has 100 valence electrons. The lowest BCUT2D eigenvalue weighted by Gasteiger charge is -2.14. The molecular formula is C13H15N3O3. The summed E-state index contributed by atoms with van der Waals surface area (Å²) < 4.78 is 12.1. The summed E-state index contributed by atoms with van der Waals surface area (Å²) in [5.74, 6) is -0.191. The number of pyridine rings is 1. The molecule has 0 aromatic carbocycles. The average molecular weight is 261 g/mol. The number of rotatable bonds is 5. The smallest absolute Gasteiger partial charge is 0.343 e. The molecule has 6 heteroatoms. The second-order valence-electron chi connectivity index (χ2n) is 4.00. The summed E-state index contributed by atoms with van der Waals surface area (Å²) in [6, 6.07) is 5.10. The van der Waals surface area contributed by atoms with E-state index in [0.29, 0.717) is 12.1 Å². The van der Waals surface area contributed by atoms with E-state index in [2.05, 4.69) is 10.1 Å². The van der Waals surface area contributed by atoms with E-state index in [-0.39, 0.29) is 12.0 Å². The molecule has 0 aliphatic heterocycles. The van der Waals surface area contributed by atoms with Crippen LogP contribution in [-0.4, -0.2) is 33.9 Å². The van der Waals surface area contributed by atoms with Crippen LogP contribution >= 0.6 is 0 Å². The van der Waals surface area contributed by atoms with E-state index in [4.69, 9.17) is 9.47 Å². The summed E-state index contributed by atoms with van der Waals surface area (Å²) in [5, 5.41) is 4.06. The van der Waals surface area contributed by atoms with Gasteiger partial charge in [0.15, 0.2) is 0 Å². The zero-order chi connectivity index (χ0) is 13.7. The third-order valence-electron chi connectivity index (χ3n) is 2.50. The molecular weight excluding hydrogens is 246 g/mol. The maximum absolute atomic E-state index is 12.0. The van der Waals surface area contributed by atoms with Gasteiger partial charge in [-0.2, -0.15) is 5.10 Å². The van der Waals surface area contributed by atoms with Crippen molar-refractivity contribution >= 4 is 5.97 Å². The van der Waals surface area contributed by atoms with E-state index in [9.17, 15) is 4.79 Å². The van der Waals surface area contributed by atoms with Gasteiger partial charge in [-0.15, -0.1) is 0 Å². The lowest BCUT2D eigenvalue weighted by molar-refractivity contribution is 0.0294. The zero-order valence-electron chi connectivity index (χ0n) is 10.8. The fourth-order valence-corrected chi connectivity index (χ4v) is 1.66. The highest BCUT2D eigenvalue weighted by atomic mass is 16.5. The number of hydrogen-bond donors (Lipinski definition) is 0. The molecule has 0 spiro atoms. The van der Waals surface area contributed by atoms with Crippen molar-refractivity contribution in [2.45, 2.75) is 19.6 Å². The van der Waals surface area contributed by atoms with Gasteiger partial charge in [-0.1, -0.05) is 0 Å². The Balaban J connectivity index is 2.00. The fraction of sp³-hybridized carbons (Fsp3) is 0.308. The highest BCUT2D eigenvalue weighted by Crippen LogP contribution is 2.15. The van der Waals surface area contributed by atoms with Crippen LogP contribution in [0.4, 0.5) is 0 Å². The Labute approximate surface area is 111 Å². The van der Waals surface area contributed by atoms with Gasteiger partial charge in [-0.05, 0) is 25.1 Å². The molecule has 19 heavy (non-hydrogen) atoms. The Morgan fingerprint density at radius 2 is 2.26 bits per heavy atom. The number of ether oxygens (including phenoxy) is 2. The molecule has 0 unspecified atom stereocenters. The van der Waals surface area contributed by atoms with E-state index >= 15 is 0 Å². The van der Waals surface area contributed by atoms with Crippen molar-refractivity contribution < 1.29 is 14.3 Å². The quantitative estimate of drug-likeness (QED) is 0.764. The minimum atomic E-state index is -0.454. The van der Waals surface area contributed by atoms with Crippen LogP contribution in [0.15, 0.2) is 36.8 Å². The lowest BCUT2D eigenvalue weighted by Crippen LogP contribution is -2.21. The second kappa shape index (κ2) is 5.99. The Bertz CT molecular complexity index is 540. The summed E-state index contributed by atoms with van der Waals surface area (Å²) >= 11 is 0. The molecule has 0 aliphatic rings. The summed E-state index contributed by atoms with van der Waals surface area (Å²) in [6.45, 7) is 2.31. The first kappa shape index (κ1) is 13.1. The molecule has 0 saturated heterocycles. The van der Waals surface area contributed by atoms with Crippen LogP contribution in [0, 0.1) is 0 Å². The van der Waals surface area contributed by atoms with Crippen molar-refractivity contribution in [2.24, 2.45) is 0 Å². The van der Waals surface area contributed by atoms with E-state index in [1.807, 2.05) is 19.2 Å². The highest BCUT2D eigenvalue weighted by Gasteiger charge is 2.17. The van der Waals surface area contributed by atoms with Crippen LogP contribution in [0.3, 0.4) is 0 Å². The zero-order valence-corrected chi connectivity index (χ0v) is 10.8. The van der Waals surface area contributed by atoms with Gasteiger partial charge >= 0.3 is 5.97 Å². The summed E-state index contributed by atoms with van der Waals surface area (Å²) in [6.07, 6.45) is 4.76. The summed E-state index contributed by atoms with van der Waals surface area (Å²) in [4.78, 5) is 16.0. The van der Waals surface area contributed by atoms with Crippen LogP contribution in [0.5, 0.6) is 5.88 Å². The van der Waals surface area contributed by atoms with Crippen LogP contribution in [0.1, 0.15) is 17.3 Å². The number of hydrogen-bond acceptors (Lipinski definition) is 5. The Morgan fingerprint density at radius 1 is 1.42 bits per heavy atom. The number of esters is 1. The third kappa shape index (κ3) is 3.31. The summed E-state index contributed by atoms with van der Waals surface area (Å²) in [7, 11) is 1.46. The van der Waals surface area contributed by atoms with Crippen LogP contribution in [-0.2, 0) is 11.3 Å². The molecule has 1 atom stereocenters. The first-order valence-corrected chi connectivity index (χ1v) is 5.88. The monoisotopic (exact) mass is 261 g/mol. The van der Waals surface area contributed by atoms with E-state index in [1.54, 1.807) is 29.2 Å². The van der Waals surface area contributed by atoms with Gasteiger partial charge in [-0.25, -0.2) is 9.78 Å². The fourth-order valence-electron chi connectivity index (χ4n) is 1.66. The van der Waals surface area contributed by atoms with Gasteiger partial charge in [0.25, 0.3) is 0 Å². The molecule has 2 aromatic rings. The molecule has 0 fully saturated rings.